The first kappa shape index (κ1) is 23.3. The van der Waals surface area contributed by atoms with Crippen molar-refractivity contribution in [3.05, 3.63) is 63.9 Å². The maximum absolute atomic E-state index is 13.6. The molecular formula is C24H21ClF2N4O4. The zero-order valence-electron chi connectivity index (χ0n) is 18.4. The first-order valence-electron chi connectivity index (χ1n) is 11.2. The van der Waals surface area contributed by atoms with Crippen molar-refractivity contribution in [1.82, 2.24) is 20.5 Å². The molecule has 0 spiro atoms. The van der Waals surface area contributed by atoms with Gasteiger partial charge in [-0.25, -0.2) is 8.78 Å². The predicted molar refractivity (Wildman–Crippen MR) is 120 cm³/mol. The van der Waals surface area contributed by atoms with Crippen LogP contribution in [0.2, 0.25) is 5.02 Å². The molecule has 2 aliphatic heterocycles. The monoisotopic (exact) mass is 502 g/mol. The first-order valence-corrected chi connectivity index (χ1v) is 11.6. The highest BCUT2D eigenvalue weighted by Gasteiger charge is 2.49. The van der Waals surface area contributed by atoms with Gasteiger partial charge in [-0.05, 0) is 48.2 Å². The summed E-state index contributed by atoms with van der Waals surface area (Å²) in [6, 6.07) is 6.27. The van der Waals surface area contributed by atoms with Crippen LogP contribution in [0.15, 0.2) is 36.5 Å². The fraction of sp³-hybridized carbons (Fsp3) is 0.375. The molecule has 1 aromatic carbocycles. The SMILES string of the molecule is O=C1CCC(N2Cc3cc(C(=O)N[C@H](c4ccc(Cl)cn4)C4CC(F)(F)C4)ccc3C2=O)C(=O)N1. The number of carbonyl (C=O) groups excluding carboxylic acids is 4. The van der Waals surface area contributed by atoms with Gasteiger partial charge in [-0.2, -0.15) is 0 Å². The van der Waals surface area contributed by atoms with Crippen LogP contribution in [0, 0.1) is 5.92 Å². The van der Waals surface area contributed by atoms with Crippen LogP contribution >= 0.6 is 11.6 Å². The van der Waals surface area contributed by atoms with Crippen LogP contribution in [0.1, 0.15) is 63.7 Å². The van der Waals surface area contributed by atoms with E-state index in [0.29, 0.717) is 21.8 Å². The average Bonchev–Trinajstić information content (AvgIpc) is 3.12. The topological polar surface area (TPSA) is 108 Å². The minimum Gasteiger partial charge on any atom is -0.343 e. The van der Waals surface area contributed by atoms with E-state index in [4.69, 9.17) is 11.6 Å². The van der Waals surface area contributed by atoms with Gasteiger partial charge >= 0.3 is 0 Å². The number of pyridine rings is 1. The number of benzene rings is 1. The molecule has 0 bridgehead atoms. The molecule has 1 aliphatic carbocycles. The third-order valence-corrected chi connectivity index (χ3v) is 6.96. The van der Waals surface area contributed by atoms with Crippen LogP contribution in [-0.2, 0) is 16.1 Å². The summed E-state index contributed by atoms with van der Waals surface area (Å²) in [7, 11) is 0. The molecule has 1 saturated carbocycles. The van der Waals surface area contributed by atoms with Crippen molar-refractivity contribution in [2.45, 2.75) is 50.2 Å². The predicted octanol–water partition coefficient (Wildman–Crippen LogP) is 3.01. The second-order valence-electron chi connectivity index (χ2n) is 9.15. The number of nitrogens with one attached hydrogen (secondary N) is 2. The largest absolute Gasteiger partial charge is 0.343 e. The van der Waals surface area contributed by atoms with Gasteiger partial charge in [0, 0.05) is 43.1 Å². The Labute approximate surface area is 204 Å². The van der Waals surface area contributed by atoms with Crippen molar-refractivity contribution >= 4 is 35.2 Å². The fourth-order valence-corrected chi connectivity index (χ4v) is 5.00. The number of amides is 4. The lowest BCUT2D eigenvalue weighted by Crippen LogP contribution is -2.52. The lowest BCUT2D eigenvalue weighted by molar-refractivity contribution is -0.136. The van der Waals surface area contributed by atoms with Gasteiger partial charge in [0.05, 0.1) is 16.8 Å². The molecule has 1 saturated heterocycles. The van der Waals surface area contributed by atoms with E-state index in [1.807, 2.05) is 0 Å². The molecule has 11 heteroatoms. The Hall–Kier alpha value is -3.40. The second kappa shape index (κ2) is 8.67. The number of halogens is 3. The van der Waals surface area contributed by atoms with Gasteiger partial charge in [0.25, 0.3) is 11.8 Å². The molecule has 2 atom stereocenters. The van der Waals surface area contributed by atoms with E-state index in [1.54, 1.807) is 18.2 Å². The lowest BCUT2D eigenvalue weighted by Gasteiger charge is -2.40. The highest BCUT2D eigenvalue weighted by Crippen LogP contribution is 2.48. The number of carbonyl (C=O) groups is 4. The third-order valence-electron chi connectivity index (χ3n) is 6.73. The van der Waals surface area contributed by atoms with Gasteiger partial charge < -0.3 is 10.2 Å². The maximum atomic E-state index is 13.6. The molecular weight excluding hydrogens is 482 g/mol. The van der Waals surface area contributed by atoms with Gasteiger partial charge in [0.1, 0.15) is 6.04 Å². The number of aromatic nitrogens is 1. The lowest BCUT2D eigenvalue weighted by atomic mass is 9.75. The second-order valence-corrected chi connectivity index (χ2v) is 9.59. The Balaban J connectivity index is 1.34. The van der Waals surface area contributed by atoms with Gasteiger partial charge in [0.15, 0.2) is 0 Å². The normalized spacial score (nSPS) is 22.3. The molecule has 5 rings (SSSR count). The summed E-state index contributed by atoms with van der Waals surface area (Å²) in [5.74, 6) is -4.98. The Morgan fingerprint density at radius 2 is 1.97 bits per heavy atom. The van der Waals surface area contributed by atoms with Crippen LogP contribution < -0.4 is 10.6 Å². The summed E-state index contributed by atoms with van der Waals surface area (Å²) in [4.78, 5) is 55.2. The quantitative estimate of drug-likeness (QED) is 0.611. The van der Waals surface area contributed by atoms with E-state index < -0.39 is 35.7 Å². The zero-order chi connectivity index (χ0) is 24.9. The molecule has 35 heavy (non-hydrogen) atoms. The first-order chi connectivity index (χ1) is 16.6. The van der Waals surface area contributed by atoms with Crippen LogP contribution in [0.3, 0.4) is 0 Å². The number of piperidine rings is 1. The minimum atomic E-state index is -2.77. The van der Waals surface area contributed by atoms with E-state index >= 15 is 0 Å². The number of rotatable bonds is 5. The molecule has 4 amide bonds. The van der Waals surface area contributed by atoms with E-state index in [9.17, 15) is 28.0 Å². The van der Waals surface area contributed by atoms with Crippen LogP contribution in [0.4, 0.5) is 8.78 Å². The molecule has 0 radical (unpaired) electrons. The number of hydrogen-bond donors (Lipinski definition) is 2. The number of alkyl halides is 2. The van der Waals surface area contributed by atoms with Crippen molar-refractivity contribution in [3.63, 3.8) is 0 Å². The molecule has 8 nitrogen and oxygen atoms in total. The molecule has 3 heterocycles. The van der Waals surface area contributed by atoms with E-state index in [-0.39, 0.29) is 49.6 Å². The summed E-state index contributed by atoms with van der Waals surface area (Å²) in [5.41, 5.74) is 1.64. The van der Waals surface area contributed by atoms with E-state index in [0.717, 1.165) is 0 Å². The molecule has 182 valence electrons. The zero-order valence-corrected chi connectivity index (χ0v) is 19.1. The third kappa shape index (κ3) is 4.50. The number of fused-ring (bicyclic) bond motifs is 1. The van der Waals surface area contributed by atoms with Crippen molar-refractivity contribution in [2.75, 3.05) is 0 Å². The molecule has 2 N–H and O–H groups in total. The Kier molecular flexibility index (Phi) is 5.79. The van der Waals surface area contributed by atoms with Crippen molar-refractivity contribution in [2.24, 2.45) is 5.92 Å². The smallest absolute Gasteiger partial charge is 0.255 e. The summed E-state index contributed by atoms with van der Waals surface area (Å²) in [6.45, 7) is 0.124. The Morgan fingerprint density at radius 1 is 1.20 bits per heavy atom. The number of imide groups is 1. The van der Waals surface area contributed by atoms with Crippen molar-refractivity contribution in [1.29, 1.82) is 0 Å². The summed E-state index contributed by atoms with van der Waals surface area (Å²) in [6.07, 6.45) is 1.06. The summed E-state index contributed by atoms with van der Waals surface area (Å²) < 4.78 is 27.2. The van der Waals surface area contributed by atoms with Crippen LogP contribution in [0.25, 0.3) is 0 Å². The standard InChI is InChI=1S/C24H21ClF2N4O4/c25-15-2-4-17(28-10-15)20(14-8-24(26,27)9-14)30-21(33)12-1-3-16-13(7-12)11-31(23(16)35)18-5-6-19(32)29-22(18)34/h1-4,7,10,14,18,20H,5-6,8-9,11H2,(H,30,33)(H,29,32,34)/t18?,20-/m0/s1. The van der Waals surface area contributed by atoms with Gasteiger partial charge in [-0.1, -0.05) is 11.6 Å². The van der Waals surface area contributed by atoms with Crippen LogP contribution in [0.5, 0.6) is 0 Å². The Morgan fingerprint density at radius 3 is 2.63 bits per heavy atom. The molecule has 2 aromatic rings. The maximum Gasteiger partial charge on any atom is 0.255 e. The number of hydrogen-bond acceptors (Lipinski definition) is 5. The summed E-state index contributed by atoms with van der Waals surface area (Å²) >= 11 is 5.90. The average molecular weight is 503 g/mol. The van der Waals surface area contributed by atoms with Gasteiger partial charge in [0.2, 0.25) is 17.7 Å². The molecule has 1 aromatic heterocycles. The highest BCUT2D eigenvalue weighted by atomic mass is 35.5. The Bertz CT molecular complexity index is 1230. The van der Waals surface area contributed by atoms with E-state index in [1.165, 1.54) is 23.2 Å². The van der Waals surface area contributed by atoms with Crippen molar-refractivity contribution in [3.8, 4) is 0 Å². The highest BCUT2D eigenvalue weighted by molar-refractivity contribution is 6.30. The summed E-state index contributed by atoms with van der Waals surface area (Å²) in [5, 5.41) is 5.46. The number of nitrogens with zero attached hydrogens (tertiary/aromatic N) is 2. The van der Waals surface area contributed by atoms with Gasteiger partial charge in [-0.15, -0.1) is 0 Å². The molecule has 1 unspecified atom stereocenters. The van der Waals surface area contributed by atoms with Gasteiger partial charge in [-0.3, -0.25) is 29.5 Å². The molecule has 2 fully saturated rings. The van der Waals surface area contributed by atoms with Crippen molar-refractivity contribution < 1.29 is 28.0 Å². The minimum absolute atomic E-state index is 0.124. The molecule has 3 aliphatic rings. The van der Waals surface area contributed by atoms with E-state index in [2.05, 4.69) is 15.6 Å². The fourth-order valence-electron chi connectivity index (χ4n) is 4.89. The van der Waals surface area contributed by atoms with Crippen LogP contribution in [-0.4, -0.2) is 45.5 Å².